The van der Waals surface area contributed by atoms with E-state index in [0.29, 0.717) is 25.2 Å². The SMILES string of the molecule is CCc1cc(-c2nc(N(C(N)=O)[C@H]3CCCN(C(=O)O)C3)cs2)ccc1Br. The number of carbonyl (C=O) groups excluding carboxylic acids is 1. The second-order valence-corrected chi connectivity index (χ2v) is 8.12. The Balaban J connectivity index is 1.88. The van der Waals surface area contributed by atoms with Crippen LogP contribution in [-0.2, 0) is 6.42 Å². The predicted molar refractivity (Wildman–Crippen MR) is 109 cm³/mol. The Morgan fingerprint density at radius 1 is 1.48 bits per heavy atom. The van der Waals surface area contributed by atoms with Gasteiger partial charge in [-0.15, -0.1) is 11.3 Å². The Bertz CT molecular complexity index is 857. The van der Waals surface area contributed by atoms with Crippen molar-refractivity contribution in [3.63, 3.8) is 0 Å². The van der Waals surface area contributed by atoms with Gasteiger partial charge in [0.1, 0.15) is 10.8 Å². The van der Waals surface area contributed by atoms with Crippen molar-refractivity contribution in [3.8, 4) is 10.6 Å². The molecule has 0 aliphatic carbocycles. The Hall–Kier alpha value is -2.13. The van der Waals surface area contributed by atoms with Crippen LogP contribution in [0.25, 0.3) is 10.6 Å². The van der Waals surface area contributed by atoms with Crippen LogP contribution in [0, 0.1) is 0 Å². The maximum atomic E-state index is 12.1. The van der Waals surface area contributed by atoms with Crippen LogP contribution in [0.15, 0.2) is 28.1 Å². The highest BCUT2D eigenvalue weighted by molar-refractivity contribution is 9.10. The summed E-state index contributed by atoms with van der Waals surface area (Å²) in [7, 11) is 0. The summed E-state index contributed by atoms with van der Waals surface area (Å²) in [5.74, 6) is 0.473. The number of nitrogens with two attached hydrogens (primary N) is 1. The van der Waals surface area contributed by atoms with Crippen molar-refractivity contribution in [3.05, 3.63) is 33.6 Å². The quantitative estimate of drug-likeness (QED) is 0.726. The summed E-state index contributed by atoms with van der Waals surface area (Å²) in [6.45, 7) is 2.80. The third kappa shape index (κ3) is 4.24. The molecule has 0 radical (unpaired) electrons. The fraction of sp³-hybridized carbons (Fsp3) is 0.389. The molecular formula is C18H21BrN4O3S. The molecule has 7 nitrogen and oxygen atoms in total. The van der Waals surface area contributed by atoms with Crippen LogP contribution < -0.4 is 10.6 Å². The van der Waals surface area contributed by atoms with Crippen LogP contribution in [0.3, 0.4) is 0 Å². The zero-order chi connectivity index (χ0) is 19.6. The minimum atomic E-state index is -0.981. The number of nitrogens with zero attached hydrogens (tertiary/aromatic N) is 3. The zero-order valence-corrected chi connectivity index (χ0v) is 17.3. The number of aromatic nitrogens is 1. The third-order valence-corrected chi connectivity index (χ3v) is 6.33. The maximum Gasteiger partial charge on any atom is 0.407 e. The van der Waals surface area contributed by atoms with Gasteiger partial charge < -0.3 is 15.7 Å². The molecule has 1 aromatic heterocycles. The van der Waals surface area contributed by atoms with Crippen LogP contribution in [0.2, 0.25) is 0 Å². The van der Waals surface area contributed by atoms with Gasteiger partial charge in [-0.1, -0.05) is 28.9 Å². The second-order valence-electron chi connectivity index (χ2n) is 6.40. The van der Waals surface area contributed by atoms with Crippen molar-refractivity contribution >= 4 is 45.2 Å². The molecule has 0 unspecified atom stereocenters. The van der Waals surface area contributed by atoms with Gasteiger partial charge in [0.2, 0.25) is 0 Å². The van der Waals surface area contributed by atoms with Crippen molar-refractivity contribution in [1.29, 1.82) is 0 Å². The van der Waals surface area contributed by atoms with Crippen molar-refractivity contribution < 1.29 is 14.7 Å². The van der Waals surface area contributed by atoms with Gasteiger partial charge in [-0.2, -0.15) is 0 Å². The monoisotopic (exact) mass is 452 g/mol. The number of benzene rings is 1. The first-order valence-corrected chi connectivity index (χ1v) is 10.4. The minimum absolute atomic E-state index is 0.239. The minimum Gasteiger partial charge on any atom is -0.465 e. The highest BCUT2D eigenvalue weighted by atomic mass is 79.9. The molecular weight excluding hydrogens is 432 g/mol. The summed E-state index contributed by atoms with van der Waals surface area (Å²) >= 11 is 4.98. The molecule has 3 N–H and O–H groups in total. The molecule has 0 saturated carbocycles. The first-order chi connectivity index (χ1) is 12.9. The van der Waals surface area contributed by atoms with E-state index < -0.39 is 12.1 Å². The van der Waals surface area contributed by atoms with Crippen molar-refractivity contribution in [1.82, 2.24) is 9.88 Å². The fourth-order valence-electron chi connectivity index (χ4n) is 3.31. The topological polar surface area (TPSA) is 99.8 Å². The molecule has 1 aliphatic heterocycles. The van der Waals surface area contributed by atoms with Gasteiger partial charge in [0.05, 0.1) is 6.04 Å². The largest absolute Gasteiger partial charge is 0.465 e. The van der Waals surface area contributed by atoms with Crippen LogP contribution in [0.5, 0.6) is 0 Å². The van der Waals surface area contributed by atoms with E-state index in [2.05, 4.69) is 33.9 Å². The molecule has 1 aromatic carbocycles. The van der Waals surface area contributed by atoms with Crippen LogP contribution in [0.4, 0.5) is 15.4 Å². The van der Waals surface area contributed by atoms with E-state index >= 15 is 0 Å². The average Bonchev–Trinajstić information content (AvgIpc) is 3.11. The molecule has 1 aliphatic rings. The van der Waals surface area contributed by atoms with Gasteiger partial charge >= 0.3 is 12.1 Å². The number of anilines is 1. The number of thiazole rings is 1. The van der Waals surface area contributed by atoms with Gasteiger partial charge in [-0.25, -0.2) is 14.6 Å². The molecule has 144 valence electrons. The number of urea groups is 1. The Morgan fingerprint density at radius 2 is 2.26 bits per heavy atom. The predicted octanol–water partition coefficient (Wildman–Crippen LogP) is 4.16. The first kappa shape index (κ1) is 19.6. The van der Waals surface area contributed by atoms with E-state index in [1.54, 1.807) is 5.38 Å². The molecule has 0 spiro atoms. The number of carboxylic acid groups (broad SMARTS) is 1. The number of amides is 3. The summed E-state index contributed by atoms with van der Waals surface area (Å²) < 4.78 is 1.06. The Labute approximate surface area is 169 Å². The third-order valence-electron chi connectivity index (χ3n) is 4.68. The second kappa shape index (κ2) is 8.26. The maximum absolute atomic E-state index is 12.1. The van der Waals surface area contributed by atoms with Gasteiger partial charge in [-0.3, -0.25) is 4.90 Å². The smallest absolute Gasteiger partial charge is 0.407 e. The lowest BCUT2D eigenvalue weighted by atomic mass is 10.0. The first-order valence-electron chi connectivity index (χ1n) is 8.71. The summed E-state index contributed by atoms with van der Waals surface area (Å²) in [5.41, 5.74) is 7.77. The zero-order valence-electron chi connectivity index (χ0n) is 14.9. The normalized spacial score (nSPS) is 17.0. The lowest BCUT2D eigenvalue weighted by molar-refractivity contribution is 0.130. The summed E-state index contributed by atoms with van der Waals surface area (Å²) in [6.07, 6.45) is 1.29. The van der Waals surface area contributed by atoms with Crippen LogP contribution >= 0.6 is 27.3 Å². The summed E-state index contributed by atoms with van der Waals surface area (Å²) in [5, 5.41) is 11.8. The van der Waals surface area contributed by atoms with E-state index in [4.69, 9.17) is 5.73 Å². The highest BCUT2D eigenvalue weighted by Crippen LogP contribution is 2.32. The number of rotatable bonds is 4. The number of hydrogen-bond acceptors (Lipinski definition) is 4. The van der Waals surface area contributed by atoms with Crippen molar-refractivity contribution in [2.75, 3.05) is 18.0 Å². The Kier molecular flexibility index (Phi) is 6.01. The molecule has 1 saturated heterocycles. The molecule has 27 heavy (non-hydrogen) atoms. The van der Waals surface area contributed by atoms with Gasteiger partial charge in [0.25, 0.3) is 0 Å². The van der Waals surface area contributed by atoms with Gasteiger partial charge in [0.15, 0.2) is 0 Å². The van der Waals surface area contributed by atoms with Gasteiger partial charge in [-0.05, 0) is 37.0 Å². The molecule has 3 amide bonds. The number of hydrogen-bond donors (Lipinski definition) is 2. The number of aryl methyl sites for hydroxylation is 1. The van der Waals surface area contributed by atoms with E-state index in [0.717, 1.165) is 21.5 Å². The standard InChI is InChI=1S/C18H21BrN4O3S/c1-2-11-8-12(5-6-14(11)19)16-21-15(10-27-16)23(17(20)24)13-4-3-7-22(9-13)18(25)26/h5-6,8,10,13H,2-4,7,9H2,1H3,(H2,20,24)(H,25,26)/t13-/m0/s1. The average molecular weight is 453 g/mol. The van der Waals surface area contributed by atoms with Crippen molar-refractivity contribution in [2.24, 2.45) is 5.73 Å². The lowest BCUT2D eigenvalue weighted by Crippen LogP contribution is -2.53. The van der Waals surface area contributed by atoms with Crippen LogP contribution in [-0.4, -0.2) is 46.2 Å². The molecule has 9 heteroatoms. The number of halogens is 1. The number of carbonyl (C=O) groups is 2. The number of primary amides is 1. The summed E-state index contributed by atoms with van der Waals surface area (Å²) in [4.78, 5) is 30.7. The van der Waals surface area contributed by atoms with E-state index in [1.165, 1.54) is 26.7 Å². The number of piperidine rings is 1. The molecule has 3 rings (SSSR count). The van der Waals surface area contributed by atoms with Crippen molar-refractivity contribution in [2.45, 2.75) is 32.2 Å². The lowest BCUT2D eigenvalue weighted by Gasteiger charge is -2.36. The number of likely N-dealkylation sites (tertiary alicyclic amines) is 1. The summed E-state index contributed by atoms with van der Waals surface area (Å²) in [6, 6.07) is 5.13. The van der Waals surface area contributed by atoms with E-state index in [9.17, 15) is 14.7 Å². The molecule has 2 heterocycles. The highest BCUT2D eigenvalue weighted by Gasteiger charge is 2.32. The Morgan fingerprint density at radius 3 is 2.93 bits per heavy atom. The molecule has 0 bridgehead atoms. The molecule has 1 atom stereocenters. The van der Waals surface area contributed by atoms with Crippen LogP contribution in [0.1, 0.15) is 25.3 Å². The van der Waals surface area contributed by atoms with Gasteiger partial charge in [0, 0.05) is 28.5 Å². The molecule has 1 fully saturated rings. The van der Waals surface area contributed by atoms with E-state index in [-0.39, 0.29) is 12.6 Å². The molecule has 2 aromatic rings. The van der Waals surface area contributed by atoms with E-state index in [1.807, 2.05) is 12.1 Å². The fourth-order valence-corrected chi connectivity index (χ4v) is 4.63.